The first-order valence-corrected chi connectivity index (χ1v) is 5.61. The fourth-order valence-electron chi connectivity index (χ4n) is 1.52. The second-order valence-electron chi connectivity index (χ2n) is 3.63. The quantitative estimate of drug-likeness (QED) is 0.723. The maximum atomic E-state index is 11.3. The van der Waals surface area contributed by atoms with E-state index in [2.05, 4.69) is 9.97 Å². The number of H-pyrrole nitrogens is 1. The van der Waals surface area contributed by atoms with Crippen molar-refractivity contribution in [2.24, 2.45) is 0 Å². The fourth-order valence-corrected chi connectivity index (χ4v) is 1.52. The van der Waals surface area contributed by atoms with Gasteiger partial charge in [0, 0.05) is 18.3 Å². The summed E-state index contributed by atoms with van der Waals surface area (Å²) >= 11 is 0. The van der Waals surface area contributed by atoms with Crippen LogP contribution in [0.2, 0.25) is 0 Å². The van der Waals surface area contributed by atoms with Crippen molar-refractivity contribution in [3.05, 3.63) is 27.9 Å². The molecule has 0 aliphatic carbocycles. The van der Waals surface area contributed by atoms with Gasteiger partial charge in [0.15, 0.2) is 0 Å². The van der Waals surface area contributed by atoms with Gasteiger partial charge >= 0.3 is 0 Å². The summed E-state index contributed by atoms with van der Waals surface area (Å²) in [5.41, 5.74) is 0.695. The minimum absolute atomic E-state index is 0.109. The first-order chi connectivity index (χ1) is 7.69. The lowest BCUT2D eigenvalue weighted by Gasteiger charge is -2.18. The highest BCUT2D eigenvalue weighted by Gasteiger charge is 2.06. The molecule has 90 valence electrons. The lowest BCUT2D eigenvalue weighted by atomic mass is 10.3. The molecule has 0 unspecified atom stereocenters. The number of nitrogens with zero attached hydrogens (tertiary/aromatic N) is 2. The number of rotatable bonds is 6. The minimum Gasteiger partial charge on any atom is -0.395 e. The second kappa shape index (κ2) is 6.40. The summed E-state index contributed by atoms with van der Waals surface area (Å²) in [5.74, 6) is 0.666. The summed E-state index contributed by atoms with van der Waals surface area (Å²) in [6.45, 7) is 6.08. The molecule has 0 atom stereocenters. The van der Waals surface area contributed by atoms with E-state index in [1.165, 1.54) is 6.07 Å². The van der Waals surface area contributed by atoms with Crippen molar-refractivity contribution in [2.45, 2.75) is 26.8 Å². The Morgan fingerprint density at radius 3 is 2.81 bits per heavy atom. The largest absolute Gasteiger partial charge is 0.395 e. The van der Waals surface area contributed by atoms with E-state index < -0.39 is 0 Å². The van der Waals surface area contributed by atoms with Gasteiger partial charge < -0.3 is 10.1 Å². The molecule has 5 nitrogen and oxygen atoms in total. The third-order valence-electron chi connectivity index (χ3n) is 2.44. The Hall–Kier alpha value is -1.20. The Morgan fingerprint density at radius 1 is 1.50 bits per heavy atom. The van der Waals surface area contributed by atoms with Crippen LogP contribution in [0.3, 0.4) is 0 Å². The molecular weight excluding hydrogens is 206 g/mol. The summed E-state index contributed by atoms with van der Waals surface area (Å²) in [5, 5.41) is 8.87. The van der Waals surface area contributed by atoms with Crippen molar-refractivity contribution in [1.82, 2.24) is 14.9 Å². The average molecular weight is 225 g/mol. The van der Waals surface area contributed by atoms with Crippen molar-refractivity contribution >= 4 is 0 Å². The van der Waals surface area contributed by atoms with E-state index in [1.807, 2.05) is 18.7 Å². The van der Waals surface area contributed by atoms with E-state index in [-0.39, 0.29) is 12.2 Å². The zero-order chi connectivity index (χ0) is 12.0. The zero-order valence-corrected chi connectivity index (χ0v) is 9.86. The Morgan fingerprint density at radius 2 is 2.25 bits per heavy atom. The lowest BCUT2D eigenvalue weighted by molar-refractivity contribution is 0.193. The summed E-state index contributed by atoms with van der Waals surface area (Å²) in [6.07, 6.45) is 0.753. The number of hydrogen-bond donors (Lipinski definition) is 2. The highest BCUT2D eigenvalue weighted by atomic mass is 16.3. The number of aromatic nitrogens is 2. The van der Waals surface area contributed by atoms with E-state index in [1.54, 1.807) is 0 Å². The van der Waals surface area contributed by atoms with Crippen LogP contribution >= 0.6 is 0 Å². The molecule has 0 aromatic carbocycles. The van der Waals surface area contributed by atoms with Crippen LogP contribution in [0.15, 0.2) is 10.9 Å². The molecule has 1 heterocycles. The van der Waals surface area contributed by atoms with Gasteiger partial charge in [-0.05, 0) is 13.0 Å². The normalized spacial score (nSPS) is 11.0. The van der Waals surface area contributed by atoms with Crippen molar-refractivity contribution in [3.8, 4) is 0 Å². The van der Waals surface area contributed by atoms with Gasteiger partial charge in [-0.1, -0.05) is 13.8 Å². The SMILES string of the molecule is CCc1cc(=O)[nH]c(CN(CC)CCO)n1. The van der Waals surface area contributed by atoms with Crippen LogP contribution in [-0.4, -0.2) is 39.7 Å². The molecule has 5 heteroatoms. The van der Waals surface area contributed by atoms with Gasteiger partial charge in [-0.2, -0.15) is 0 Å². The van der Waals surface area contributed by atoms with Gasteiger partial charge in [0.05, 0.1) is 13.2 Å². The summed E-state index contributed by atoms with van der Waals surface area (Å²) in [4.78, 5) is 20.4. The predicted molar refractivity (Wildman–Crippen MR) is 62.3 cm³/mol. The smallest absolute Gasteiger partial charge is 0.251 e. The number of likely N-dealkylation sites (N-methyl/N-ethyl adjacent to an activating group) is 1. The number of aromatic amines is 1. The molecule has 0 bridgehead atoms. The second-order valence-corrected chi connectivity index (χ2v) is 3.63. The maximum Gasteiger partial charge on any atom is 0.251 e. The molecular formula is C11H19N3O2. The standard InChI is InChI=1S/C11H19N3O2/c1-3-9-7-11(16)13-10(12-9)8-14(4-2)5-6-15/h7,15H,3-6,8H2,1-2H3,(H,12,13,16). The first kappa shape index (κ1) is 12.9. The minimum atomic E-state index is -0.109. The van der Waals surface area contributed by atoms with E-state index in [9.17, 15) is 4.79 Å². The predicted octanol–water partition coefficient (Wildman–Crippen LogP) is 0.146. The molecule has 0 saturated carbocycles. The van der Waals surface area contributed by atoms with Crippen LogP contribution in [0, 0.1) is 0 Å². The van der Waals surface area contributed by atoms with Gasteiger partial charge in [-0.3, -0.25) is 9.69 Å². The molecule has 1 aromatic rings. The zero-order valence-electron chi connectivity index (χ0n) is 9.86. The van der Waals surface area contributed by atoms with Crippen LogP contribution in [0.5, 0.6) is 0 Å². The van der Waals surface area contributed by atoms with Crippen LogP contribution in [0.25, 0.3) is 0 Å². The van der Waals surface area contributed by atoms with Crippen LogP contribution in [0.1, 0.15) is 25.4 Å². The molecule has 0 fully saturated rings. The number of nitrogens with one attached hydrogen (secondary N) is 1. The Bertz CT molecular complexity index is 376. The Labute approximate surface area is 95.1 Å². The van der Waals surface area contributed by atoms with E-state index in [0.29, 0.717) is 18.9 Å². The van der Waals surface area contributed by atoms with Crippen molar-refractivity contribution in [3.63, 3.8) is 0 Å². The molecule has 0 amide bonds. The monoisotopic (exact) mass is 225 g/mol. The van der Waals surface area contributed by atoms with Crippen molar-refractivity contribution in [2.75, 3.05) is 19.7 Å². The van der Waals surface area contributed by atoms with Crippen LogP contribution in [-0.2, 0) is 13.0 Å². The third-order valence-corrected chi connectivity index (χ3v) is 2.44. The number of aliphatic hydroxyl groups is 1. The summed E-state index contributed by atoms with van der Waals surface area (Å²) in [6, 6.07) is 1.52. The summed E-state index contributed by atoms with van der Waals surface area (Å²) in [7, 11) is 0. The van der Waals surface area contributed by atoms with Gasteiger partial charge in [0.1, 0.15) is 5.82 Å². The van der Waals surface area contributed by atoms with Crippen LogP contribution in [0.4, 0.5) is 0 Å². The van der Waals surface area contributed by atoms with E-state index in [0.717, 1.165) is 18.7 Å². The third kappa shape index (κ3) is 3.75. The molecule has 1 rings (SSSR count). The molecule has 0 saturated heterocycles. The Balaban J connectivity index is 2.79. The van der Waals surface area contributed by atoms with Gasteiger partial charge in [0.25, 0.3) is 5.56 Å². The molecule has 16 heavy (non-hydrogen) atoms. The highest BCUT2D eigenvalue weighted by molar-refractivity contribution is 5.02. The number of hydrogen-bond acceptors (Lipinski definition) is 4. The van der Waals surface area contributed by atoms with Gasteiger partial charge in [0.2, 0.25) is 0 Å². The molecule has 0 radical (unpaired) electrons. The Kier molecular flexibility index (Phi) is 5.14. The molecule has 0 spiro atoms. The maximum absolute atomic E-state index is 11.3. The molecule has 1 aromatic heterocycles. The van der Waals surface area contributed by atoms with Gasteiger partial charge in [-0.15, -0.1) is 0 Å². The number of aryl methyl sites for hydroxylation is 1. The molecule has 2 N–H and O–H groups in total. The highest BCUT2D eigenvalue weighted by Crippen LogP contribution is 1.98. The van der Waals surface area contributed by atoms with Gasteiger partial charge in [-0.25, -0.2) is 4.98 Å². The van der Waals surface area contributed by atoms with Crippen LogP contribution < -0.4 is 5.56 Å². The molecule has 0 aliphatic heterocycles. The first-order valence-electron chi connectivity index (χ1n) is 5.61. The lowest BCUT2D eigenvalue weighted by Crippen LogP contribution is -2.28. The number of aliphatic hydroxyl groups excluding tert-OH is 1. The van der Waals surface area contributed by atoms with E-state index in [4.69, 9.17) is 5.11 Å². The average Bonchev–Trinajstić information content (AvgIpc) is 2.27. The summed E-state index contributed by atoms with van der Waals surface area (Å²) < 4.78 is 0. The van der Waals surface area contributed by atoms with Crippen molar-refractivity contribution in [1.29, 1.82) is 0 Å². The fraction of sp³-hybridized carbons (Fsp3) is 0.636. The van der Waals surface area contributed by atoms with Crippen molar-refractivity contribution < 1.29 is 5.11 Å². The van der Waals surface area contributed by atoms with E-state index >= 15 is 0 Å². The topological polar surface area (TPSA) is 69.2 Å². The molecule has 0 aliphatic rings.